The van der Waals surface area contributed by atoms with E-state index < -0.39 is 0 Å². The minimum absolute atomic E-state index is 0.235. The number of hydrogen-bond acceptors (Lipinski definition) is 2. The molecule has 2 heteroatoms. The van der Waals surface area contributed by atoms with E-state index in [1.165, 1.54) is 0 Å². The van der Waals surface area contributed by atoms with Gasteiger partial charge in [0.05, 0.1) is 0 Å². The number of carbonyl (C=O) groups is 1. The second kappa shape index (κ2) is 3.60. The second-order valence-corrected chi connectivity index (χ2v) is 3.54. The molecule has 70 valence electrons. The highest BCUT2D eigenvalue weighted by Crippen LogP contribution is 2.27. The molecular weight excluding hydrogens is 164 g/mol. The first-order chi connectivity index (χ1) is 6.06. The molecule has 0 fully saturated rings. The molecule has 0 unspecified atom stereocenters. The summed E-state index contributed by atoms with van der Waals surface area (Å²) in [5, 5.41) is 9.57. The van der Waals surface area contributed by atoms with Crippen molar-refractivity contribution in [1.29, 1.82) is 0 Å². The molecule has 13 heavy (non-hydrogen) atoms. The molecule has 1 N–H and O–H groups in total. The molecule has 0 aliphatic heterocycles. The van der Waals surface area contributed by atoms with Gasteiger partial charge < -0.3 is 5.11 Å². The summed E-state index contributed by atoms with van der Waals surface area (Å²) >= 11 is 0. The topological polar surface area (TPSA) is 37.3 Å². The molecule has 0 atom stereocenters. The molecule has 0 aliphatic carbocycles. The molecule has 1 rings (SSSR count). The molecule has 2 nitrogen and oxygen atoms in total. The van der Waals surface area contributed by atoms with E-state index in [2.05, 4.69) is 0 Å². The van der Waals surface area contributed by atoms with Crippen molar-refractivity contribution in [3.05, 3.63) is 28.8 Å². The molecule has 0 aliphatic rings. The summed E-state index contributed by atoms with van der Waals surface area (Å²) < 4.78 is 0. The molecule has 0 saturated carbocycles. The monoisotopic (exact) mass is 178 g/mol. The number of benzene rings is 1. The predicted molar refractivity (Wildman–Crippen MR) is 52.3 cm³/mol. The van der Waals surface area contributed by atoms with Gasteiger partial charge in [-0.2, -0.15) is 0 Å². The normalized spacial score (nSPS) is 10.5. The van der Waals surface area contributed by atoms with Crippen LogP contribution >= 0.6 is 0 Å². The summed E-state index contributed by atoms with van der Waals surface area (Å²) in [6.45, 7) is 5.78. The number of aromatic hydroxyl groups is 1. The number of rotatable bonds is 2. The fraction of sp³-hybridized carbons (Fsp3) is 0.364. The smallest absolute Gasteiger partial charge is 0.150 e. The maximum atomic E-state index is 10.6. The highest BCUT2D eigenvalue weighted by atomic mass is 16.3. The third kappa shape index (κ3) is 1.89. The lowest BCUT2D eigenvalue weighted by molar-refractivity contribution is 0.112. The zero-order valence-corrected chi connectivity index (χ0v) is 8.16. The Bertz CT molecular complexity index is 327. The van der Waals surface area contributed by atoms with E-state index in [-0.39, 0.29) is 11.7 Å². The van der Waals surface area contributed by atoms with Gasteiger partial charge in [-0.15, -0.1) is 0 Å². The first-order valence-electron chi connectivity index (χ1n) is 4.35. The number of hydrogen-bond donors (Lipinski definition) is 1. The van der Waals surface area contributed by atoms with Gasteiger partial charge in [0.25, 0.3) is 0 Å². The van der Waals surface area contributed by atoms with E-state index in [9.17, 15) is 9.90 Å². The van der Waals surface area contributed by atoms with Gasteiger partial charge in [-0.1, -0.05) is 13.8 Å². The van der Waals surface area contributed by atoms with Crippen LogP contribution in [-0.2, 0) is 0 Å². The van der Waals surface area contributed by atoms with Gasteiger partial charge in [0, 0.05) is 5.56 Å². The first-order valence-corrected chi connectivity index (χ1v) is 4.35. The van der Waals surface area contributed by atoms with E-state index in [1.807, 2.05) is 20.8 Å². The van der Waals surface area contributed by atoms with Crippen molar-refractivity contribution in [3.63, 3.8) is 0 Å². The molecule has 0 radical (unpaired) electrons. The number of carbonyl (C=O) groups excluding carboxylic acids is 1. The Morgan fingerprint density at radius 2 is 2.00 bits per heavy atom. The quantitative estimate of drug-likeness (QED) is 0.707. The van der Waals surface area contributed by atoms with Crippen LogP contribution in [0, 0.1) is 6.92 Å². The molecule has 0 spiro atoms. The van der Waals surface area contributed by atoms with E-state index in [4.69, 9.17) is 0 Å². The molecule has 0 saturated heterocycles. The van der Waals surface area contributed by atoms with Crippen LogP contribution in [0.15, 0.2) is 12.1 Å². The standard InChI is InChI=1S/C11H14O2/c1-7(2)10-5-9(6-12)8(3)4-11(10)13/h4-7,13H,1-3H3. The molecular formula is C11H14O2. The SMILES string of the molecule is Cc1cc(O)c(C(C)C)cc1C=O. The van der Waals surface area contributed by atoms with Crippen LogP contribution in [-0.4, -0.2) is 11.4 Å². The lowest BCUT2D eigenvalue weighted by Gasteiger charge is -2.10. The van der Waals surface area contributed by atoms with Crippen molar-refractivity contribution in [2.24, 2.45) is 0 Å². The summed E-state index contributed by atoms with van der Waals surface area (Å²) in [6, 6.07) is 3.39. The summed E-state index contributed by atoms with van der Waals surface area (Å²) in [5.41, 5.74) is 2.30. The Hall–Kier alpha value is -1.31. The summed E-state index contributed by atoms with van der Waals surface area (Å²) in [5.74, 6) is 0.511. The maximum absolute atomic E-state index is 10.6. The average molecular weight is 178 g/mol. The van der Waals surface area contributed by atoms with Crippen LogP contribution < -0.4 is 0 Å². The molecule has 0 aromatic heterocycles. The minimum Gasteiger partial charge on any atom is -0.508 e. The predicted octanol–water partition coefficient (Wildman–Crippen LogP) is 2.64. The number of phenols is 1. The number of aryl methyl sites for hydroxylation is 1. The van der Waals surface area contributed by atoms with Gasteiger partial charge >= 0.3 is 0 Å². The van der Waals surface area contributed by atoms with Crippen molar-refractivity contribution >= 4 is 6.29 Å². The maximum Gasteiger partial charge on any atom is 0.150 e. The molecule has 0 heterocycles. The second-order valence-electron chi connectivity index (χ2n) is 3.54. The van der Waals surface area contributed by atoms with Crippen molar-refractivity contribution in [1.82, 2.24) is 0 Å². The van der Waals surface area contributed by atoms with Gasteiger partial charge in [0.1, 0.15) is 12.0 Å². The van der Waals surface area contributed by atoms with E-state index >= 15 is 0 Å². The van der Waals surface area contributed by atoms with Crippen LogP contribution in [0.5, 0.6) is 5.75 Å². The van der Waals surface area contributed by atoms with Gasteiger partial charge in [0.15, 0.2) is 0 Å². The van der Waals surface area contributed by atoms with E-state index in [0.29, 0.717) is 5.56 Å². The Morgan fingerprint density at radius 3 is 2.46 bits per heavy atom. The van der Waals surface area contributed by atoms with Gasteiger partial charge in [-0.25, -0.2) is 0 Å². The summed E-state index contributed by atoms with van der Waals surface area (Å²) in [7, 11) is 0. The highest BCUT2D eigenvalue weighted by Gasteiger charge is 2.08. The Labute approximate surface area is 78.2 Å². The highest BCUT2D eigenvalue weighted by molar-refractivity contribution is 5.78. The molecule has 1 aromatic carbocycles. The Balaban J connectivity index is 3.30. The summed E-state index contributed by atoms with van der Waals surface area (Å²) in [6.07, 6.45) is 0.820. The lowest BCUT2D eigenvalue weighted by Crippen LogP contribution is -1.93. The fourth-order valence-electron chi connectivity index (χ4n) is 1.32. The zero-order valence-electron chi connectivity index (χ0n) is 8.16. The summed E-state index contributed by atoms with van der Waals surface area (Å²) in [4.78, 5) is 10.6. The van der Waals surface area contributed by atoms with Crippen molar-refractivity contribution in [2.75, 3.05) is 0 Å². The zero-order chi connectivity index (χ0) is 10.0. The van der Waals surface area contributed by atoms with Crippen molar-refractivity contribution in [2.45, 2.75) is 26.7 Å². The minimum atomic E-state index is 0.235. The average Bonchev–Trinajstić information content (AvgIpc) is 2.03. The molecule has 1 aromatic rings. The van der Waals surface area contributed by atoms with E-state index in [1.54, 1.807) is 12.1 Å². The van der Waals surface area contributed by atoms with Crippen LogP contribution in [0.25, 0.3) is 0 Å². The Kier molecular flexibility index (Phi) is 2.71. The van der Waals surface area contributed by atoms with Crippen molar-refractivity contribution < 1.29 is 9.90 Å². The number of phenolic OH excluding ortho intramolecular Hbond substituents is 1. The number of aldehydes is 1. The first kappa shape index (κ1) is 9.78. The van der Waals surface area contributed by atoms with Crippen molar-refractivity contribution in [3.8, 4) is 5.75 Å². The molecule has 0 bridgehead atoms. The lowest BCUT2D eigenvalue weighted by atomic mass is 9.97. The Morgan fingerprint density at radius 1 is 1.38 bits per heavy atom. The largest absolute Gasteiger partial charge is 0.508 e. The van der Waals surface area contributed by atoms with Gasteiger partial charge in [-0.05, 0) is 36.1 Å². The van der Waals surface area contributed by atoms with Gasteiger partial charge in [0.2, 0.25) is 0 Å². The van der Waals surface area contributed by atoms with Gasteiger partial charge in [-0.3, -0.25) is 4.79 Å². The van der Waals surface area contributed by atoms with Crippen LogP contribution in [0.3, 0.4) is 0 Å². The molecule has 0 amide bonds. The van der Waals surface area contributed by atoms with Crippen LogP contribution in [0.2, 0.25) is 0 Å². The van der Waals surface area contributed by atoms with E-state index in [0.717, 1.165) is 17.4 Å². The van der Waals surface area contributed by atoms with Crippen LogP contribution in [0.1, 0.15) is 41.3 Å². The fourth-order valence-corrected chi connectivity index (χ4v) is 1.32. The third-order valence-electron chi connectivity index (χ3n) is 2.16. The third-order valence-corrected chi connectivity index (χ3v) is 2.16. The van der Waals surface area contributed by atoms with Crippen LogP contribution in [0.4, 0.5) is 0 Å².